The Morgan fingerprint density at radius 2 is 1.56 bits per heavy atom. The van der Waals surface area contributed by atoms with Crippen LogP contribution in [0.15, 0.2) is 30.3 Å². The zero-order valence-corrected chi connectivity index (χ0v) is 10.6. The Balaban J connectivity index is 2.70. The quantitative estimate of drug-likeness (QED) is 0.710. The molecule has 0 saturated carbocycles. The molecule has 0 N–H and O–H groups in total. The molecule has 0 fully saturated rings. The van der Waals surface area contributed by atoms with Crippen LogP contribution in [0.4, 0.5) is 0 Å². The van der Waals surface area contributed by atoms with Crippen molar-refractivity contribution in [3.05, 3.63) is 35.9 Å². The first-order valence-corrected chi connectivity index (χ1v) is 5.86. The fourth-order valence-electron chi connectivity index (χ4n) is 1.84. The molecule has 1 aromatic rings. The first-order valence-electron chi connectivity index (χ1n) is 5.86. The molecule has 0 radical (unpaired) electrons. The van der Waals surface area contributed by atoms with Gasteiger partial charge in [-0.15, -0.1) is 0 Å². The van der Waals surface area contributed by atoms with Crippen molar-refractivity contribution in [2.45, 2.75) is 39.8 Å². The summed E-state index contributed by atoms with van der Waals surface area (Å²) in [5.74, 6) is 0.197. The third-order valence-corrected chi connectivity index (χ3v) is 2.75. The zero-order valence-electron chi connectivity index (χ0n) is 10.6. The van der Waals surface area contributed by atoms with E-state index < -0.39 is 0 Å². The first-order chi connectivity index (χ1) is 7.52. The van der Waals surface area contributed by atoms with E-state index in [2.05, 4.69) is 32.6 Å². The van der Waals surface area contributed by atoms with Crippen molar-refractivity contribution >= 4 is 5.78 Å². The van der Waals surface area contributed by atoms with Crippen LogP contribution in [0, 0.1) is 0 Å². The van der Waals surface area contributed by atoms with E-state index in [1.54, 1.807) is 0 Å². The molecule has 0 saturated heterocycles. The Bertz CT molecular complexity index is 322. The van der Waals surface area contributed by atoms with Crippen molar-refractivity contribution in [3.63, 3.8) is 0 Å². The van der Waals surface area contributed by atoms with E-state index in [0.29, 0.717) is 18.6 Å². The molecule has 0 amide bonds. The summed E-state index contributed by atoms with van der Waals surface area (Å²) in [7, 11) is 0. The van der Waals surface area contributed by atoms with Gasteiger partial charge < -0.3 is 0 Å². The second kappa shape index (κ2) is 5.80. The normalized spacial score (nSPS) is 11.4. The minimum Gasteiger partial charge on any atom is -0.293 e. The van der Waals surface area contributed by atoms with Crippen LogP contribution in [0.2, 0.25) is 0 Å². The molecule has 0 aliphatic carbocycles. The average molecular weight is 219 g/mol. The molecular formula is C14H21NO. The standard InChI is InChI=1S/C14H21NO/c1-11(2)15(12(3)4)10-14(16)13-8-6-5-7-9-13/h5-9,11-12H,10H2,1-4H3. The second-order valence-corrected chi connectivity index (χ2v) is 4.65. The van der Waals surface area contributed by atoms with Gasteiger partial charge in [0.05, 0.1) is 6.54 Å². The highest BCUT2D eigenvalue weighted by Crippen LogP contribution is 2.08. The lowest BCUT2D eigenvalue weighted by Gasteiger charge is -2.29. The summed E-state index contributed by atoms with van der Waals surface area (Å²) in [4.78, 5) is 14.2. The maximum atomic E-state index is 12.0. The maximum Gasteiger partial charge on any atom is 0.176 e. The lowest BCUT2D eigenvalue weighted by Crippen LogP contribution is -2.40. The minimum atomic E-state index is 0.197. The number of benzene rings is 1. The molecule has 2 heteroatoms. The monoisotopic (exact) mass is 219 g/mol. The van der Waals surface area contributed by atoms with Gasteiger partial charge in [-0.05, 0) is 27.7 Å². The van der Waals surface area contributed by atoms with Gasteiger partial charge in [-0.2, -0.15) is 0 Å². The Hall–Kier alpha value is -1.15. The molecule has 0 unspecified atom stereocenters. The number of hydrogen-bond acceptors (Lipinski definition) is 2. The van der Waals surface area contributed by atoms with Crippen molar-refractivity contribution in [2.24, 2.45) is 0 Å². The molecular weight excluding hydrogens is 198 g/mol. The van der Waals surface area contributed by atoms with Crippen LogP contribution in [0.25, 0.3) is 0 Å². The average Bonchev–Trinajstić information content (AvgIpc) is 2.25. The summed E-state index contributed by atoms with van der Waals surface area (Å²) in [6.07, 6.45) is 0. The summed E-state index contributed by atoms with van der Waals surface area (Å²) >= 11 is 0. The van der Waals surface area contributed by atoms with Crippen molar-refractivity contribution in [2.75, 3.05) is 6.54 Å². The number of Topliss-reactive ketones (excluding diaryl/α,β-unsaturated/α-hetero) is 1. The van der Waals surface area contributed by atoms with Crippen LogP contribution in [-0.4, -0.2) is 29.3 Å². The lowest BCUT2D eigenvalue weighted by atomic mass is 10.1. The predicted molar refractivity (Wildman–Crippen MR) is 67.8 cm³/mol. The molecule has 0 aliphatic rings. The molecule has 0 spiro atoms. The van der Waals surface area contributed by atoms with Gasteiger partial charge in [-0.25, -0.2) is 0 Å². The van der Waals surface area contributed by atoms with Gasteiger partial charge in [0.2, 0.25) is 0 Å². The summed E-state index contributed by atoms with van der Waals surface area (Å²) in [6, 6.07) is 10.3. The minimum absolute atomic E-state index is 0.197. The molecule has 1 aromatic carbocycles. The molecule has 0 aromatic heterocycles. The van der Waals surface area contributed by atoms with Crippen molar-refractivity contribution < 1.29 is 4.79 Å². The molecule has 1 rings (SSSR count). The van der Waals surface area contributed by atoms with Crippen LogP contribution in [0.1, 0.15) is 38.1 Å². The SMILES string of the molecule is CC(C)N(CC(=O)c1ccccc1)C(C)C. The summed E-state index contributed by atoms with van der Waals surface area (Å²) in [6.45, 7) is 8.99. The van der Waals surface area contributed by atoms with Crippen LogP contribution in [-0.2, 0) is 0 Å². The number of hydrogen-bond donors (Lipinski definition) is 0. The van der Waals surface area contributed by atoms with Crippen LogP contribution >= 0.6 is 0 Å². The topological polar surface area (TPSA) is 20.3 Å². The van der Waals surface area contributed by atoms with Gasteiger partial charge in [0.15, 0.2) is 5.78 Å². The van der Waals surface area contributed by atoms with E-state index in [0.717, 1.165) is 5.56 Å². The smallest absolute Gasteiger partial charge is 0.176 e. The highest BCUT2D eigenvalue weighted by atomic mass is 16.1. The predicted octanol–water partition coefficient (Wildman–Crippen LogP) is 2.99. The molecule has 2 nitrogen and oxygen atoms in total. The molecule has 0 atom stereocenters. The summed E-state index contributed by atoms with van der Waals surface area (Å²) in [5.41, 5.74) is 0.800. The molecule has 88 valence electrons. The van der Waals surface area contributed by atoms with E-state index in [1.165, 1.54) is 0 Å². The van der Waals surface area contributed by atoms with Gasteiger partial charge in [0.25, 0.3) is 0 Å². The fraction of sp³-hybridized carbons (Fsp3) is 0.500. The lowest BCUT2D eigenvalue weighted by molar-refractivity contribution is 0.0866. The van der Waals surface area contributed by atoms with E-state index in [9.17, 15) is 4.79 Å². The summed E-state index contributed by atoms with van der Waals surface area (Å²) in [5, 5.41) is 0. The third kappa shape index (κ3) is 3.46. The number of carbonyl (C=O) groups excluding carboxylic acids is 1. The highest BCUT2D eigenvalue weighted by molar-refractivity contribution is 5.97. The van der Waals surface area contributed by atoms with Crippen molar-refractivity contribution in [1.29, 1.82) is 0 Å². The number of ketones is 1. The van der Waals surface area contributed by atoms with Gasteiger partial charge in [-0.1, -0.05) is 30.3 Å². The molecule has 16 heavy (non-hydrogen) atoms. The maximum absolute atomic E-state index is 12.0. The molecule has 0 heterocycles. The Labute approximate surface area is 98.3 Å². The fourth-order valence-corrected chi connectivity index (χ4v) is 1.84. The van der Waals surface area contributed by atoms with Crippen LogP contribution < -0.4 is 0 Å². The van der Waals surface area contributed by atoms with Gasteiger partial charge >= 0.3 is 0 Å². The van der Waals surface area contributed by atoms with E-state index in [-0.39, 0.29) is 5.78 Å². The van der Waals surface area contributed by atoms with Gasteiger partial charge in [-0.3, -0.25) is 9.69 Å². The van der Waals surface area contributed by atoms with E-state index >= 15 is 0 Å². The summed E-state index contributed by atoms with van der Waals surface area (Å²) < 4.78 is 0. The number of carbonyl (C=O) groups is 1. The van der Waals surface area contributed by atoms with Gasteiger partial charge in [0.1, 0.15) is 0 Å². The van der Waals surface area contributed by atoms with E-state index in [1.807, 2.05) is 30.3 Å². The Morgan fingerprint density at radius 1 is 1.06 bits per heavy atom. The number of rotatable bonds is 5. The van der Waals surface area contributed by atoms with Gasteiger partial charge in [0, 0.05) is 17.6 Å². The highest BCUT2D eigenvalue weighted by Gasteiger charge is 2.17. The van der Waals surface area contributed by atoms with Crippen molar-refractivity contribution in [1.82, 2.24) is 4.90 Å². The van der Waals surface area contributed by atoms with Crippen molar-refractivity contribution in [3.8, 4) is 0 Å². The Kier molecular flexibility index (Phi) is 4.69. The first kappa shape index (κ1) is 12.9. The number of nitrogens with zero attached hydrogens (tertiary/aromatic N) is 1. The Morgan fingerprint density at radius 3 is 2.00 bits per heavy atom. The van der Waals surface area contributed by atoms with Crippen LogP contribution in [0.5, 0.6) is 0 Å². The molecule has 0 bridgehead atoms. The largest absolute Gasteiger partial charge is 0.293 e. The zero-order chi connectivity index (χ0) is 12.1. The van der Waals surface area contributed by atoms with E-state index in [4.69, 9.17) is 0 Å². The van der Waals surface area contributed by atoms with Crippen LogP contribution in [0.3, 0.4) is 0 Å². The third-order valence-electron chi connectivity index (χ3n) is 2.75. The second-order valence-electron chi connectivity index (χ2n) is 4.65. The molecule has 0 aliphatic heterocycles.